The third-order valence-corrected chi connectivity index (χ3v) is 3.23. The average Bonchev–Trinajstić information content (AvgIpc) is 2.37. The van der Waals surface area contributed by atoms with E-state index in [4.69, 9.17) is 9.84 Å². The molecule has 1 amide bonds. The average molecular weight is 243 g/mol. The minimum absolute atomic E-state index is 0.0795. The maximum Gasteiger partial charge on any atom is 0.222 e. The van der Waals surface area contributed by atoms with Crippen LogP contribution in [0.25, 0.3) is 0 Å². The normalized spacial score (nSPS) is 17.4. The fourth-order valence-electron chi connectivity index (χ4n) is 2.18. The lowest BCUT2D eigenvalue weighted by molar-refractivity contribution is -0.134. The van der Waals surface area contributed by atoms with Gasteiger partial charge in [-0.1, -0.05) is 19.8 Å². The molecule has 0 aromatic heterocycles. The molecule has 0 saturated carbocycles. The van der Waals surface area contributed by atoms with E-state index < -0.39 is 0 Å². The molecule has 0 aliphatic carbocycles. The highest BCUT2D eigenvalue weighted by Crippen LogP contribution is 2.15. The SMILES string of the molecule is CCCCCC(=O)N1CCC(OCCO)CC1. The maximum atomic E-state index is 11.8. The first kappa shape index (κ1) is 14.5. The standard InChI is InChI=1S/C13H25NO3/c1-2-3-4-5-13(16)14-8-6-12(7-9-14)17-11-10-15/h12,15H,2-11H2,1H3. The first-order chi connectivity index (χ1) is 8.27. The van der Waals surface area contributed by atoms with Crippen LogP contribution in [0.4, 0.5) is 0 Å². The molecule has 1 heterocycles. The van der Waals surface area contributed by atoms with Crippen molar-refractivity contribution in [3.8, 4) is 0 Å². The molecular formula is C13H25NO3. The summed E-state index contributed by atoms with van der Waals surface area (Å²) in [5.41, 5.74) is 0. The van der Waals surface area contributed by atoms with E-state index in [9.17, 15) is 4.79 Å². The summed E-state index contributed by atoms with van der Waals surface area (Å²) in [6, 6.07) is 0. The molecule has 1 fully saturated rings. The van der Waals surface area contributed by atoms with Crippen molar-refractivity contribution >= 4 is 5.91 Å². The van der Waals surface area contributed by atoms with Crippen molar-refractivity contribution in [2.75, 3.05) is 26.3 Å². The minimum atomic E-state index is 0.0795. The highest BCUT2D eigenvalue weighted by molar-refractivity contribution is 5.76. The smallest absolute Gasteiger partial charge is 0.222 e. The minimum Gasteiger partial charge on any atom is -0.394 e. The van der Waals surface area contributed by atoms with E-state index in [0.717, 1.165) is 45.2 Å². The molecule has 0 spiro atoms. The number of likely N-dealkylation sites (tertiary alicyclic amines) is 1. The van der Waals surface area contributed by atoms with Crippen molar-refractivity contribution < 1.29 is 14.6 Å². The zero-order chi connectivity index (χ0) is 12.5. The third kappa shape index (κ3) is 5.50. The van der Waals surface area contributed by atoms with Crippen LogP contribution in [0.1, 0.15) is 45.4 Å². The fourth-order valence-corrected chi connectivity index (χ4v) is 2.18. The zero-order valence-electron chi connectivity index (χ0n) is 10.9. The second-order valence-electron chi connectivity index (χ2n) is 4.63. The van der Waals surface area contributed by atoms with Crippen molar-refractivity contribution in [1.82, 2.24) is 4.90 Å². The van der Waals surface area contributed by atoms with Crippen molar-refractivity contribution in [2.45, 2.75) is 51.6 Å². The molecule has 1 aliphatic rings. The molecule has 4 heteroatoms. The molecule has 0 bridgehead atoms. The number of rotatable bonds is 7. The summed E-state index contributed by atoms with van der Waals surface area (Å²) in [6.07, 6.45) is 6.03. The lowest BCUT2D eigenvalue weighted by atomic mass is 10.1. The van der Waals surface area contributed by atoms with Crippen LogP contribution in [0.3, 0.4) is 0 Å². The van der Waals surface area contributed by atoms with Gasteiger partial charge in [0.15, 0.2) is 0 Å². The molecule has 0 aromatic carbocycles. The third-order valence-electron chi connectivity index (χ3n) is 3.23. The van der Waals surface area contributed by atoms with E-state index in [0.29, 0.717) is 18.9 Å². The Bertz CT molecular complexity index is 213. The molecule has 1 N–H and O–H groups in total. The summed E-state index contributed by atoms with van der Waals surface area (Å²) in [4.78, 5) is 13.8. The topological polar surface area (TPSA) is 49.8 Å². The summed E-state index contributed by atoms with van der Waals surface area (Å²) in [5.74, 6) is 0.291. The number of aliphatic hydroxyl groups is 1. The predicted molar refractivity (Wildman–Crippen MR) is 66.8 cm³/mol. The lowest BCUT2D eigenvalue weighted by Crippen LogP contribution is -2.41. The van der Waals surface area contributed by atoms with Crippen molar-refractivity contribution in [3.63, 3.8) is 0 Å². The van der Waals surface area contributed by atoms with E-state index >= 15 is 0 Å². The number of aliphatic hydroxyl groups excluding tert-OH is 1. The predicted octanol–water partition coefficient (Wildman–Crippen LogP) is 1.57. The van der Waals surface area contributed by atoms with Gasteiger partial charge in [-0.3, -0.25) is 4.79 Å². The molecule has 1 rings (SSSR count). The summed E-state index contributed by atoms with van der Waals surface area (Å²) < 4.78 is 5.47. The van der Waals surface area contributed by atoms with Gasteiger partial charge < -0.3 is 14.7 Å². The van der Waals surface area contributed by atoms with Crippen LogP contribution in [0.2, 0.25) is 0 Å². The first-order valence-electron chi connectivity index (χ1n) is 6.78. The molecule has 0 unspecified atom stereocenters. The van der Waals surface area contributed by atoms with E-state index in [2.05, 4.69) is 6.92 Å². The Balaban J connectivity index is 2.15. The van der Waals surface area contributed by atoms with E-state index in [1.54, 1.807) is 0 Å². The van der Waals surface area contributed by atoms with Gasteiger partial charge in [0.2, 0.25) is 5.91 Å². The van der Waals surface area contributed by atoms with Gasteiger partial charge in [0, 0.05) is 19.5 Å². The fraction of sp³-hybridized carbons (Fsp3) is 0.923. The Morgan fingerprint density at radius 3 is 2.65 bits per heavy atom. The molecule has 0 atom stereocenters. The van der Waals surface area contributed by atoms with Gasteiger partial charge in [-0.25, -0.2) is 0 Å². The molecule has 1 aliphatic heterocycles. The second kappa shape index (κ2) is 8.48. The molecule has 4 nitrogen and oxygen atoms in total. The van der Waals surface area contributed by atoms with Crippen LogP contribution in [0, 0.1) is 0 Å². The van der Waals surface area contributed by atoms with Crippen LogP contribution in [0.15, 0.2) is 0 Å². The van der Waals surface area contributed by atoms with E-state index in [-0.39, 0.29) is 12.7 Å². The number of piperidine rings is 1. The second-order valence-corrected chi connectivity index (χ2v) is 4.63. The molecule has 0 radical (unpaired) electrons. The van der Waals surface area contributed by atoms with Gasteiger partial charge in [0.05, 0.1) is 19.3 Å². The van der Waals surface area contributed by atoms with Gasteiger partial charge in [-0.15, -0.1) is 0 Å². The number of carbonyl (C=O) groups is 1. The van der Waals surface area contributed by atoms with Crippen LogP contribution >= 0.6 is 0 Å². The van der Waals surface area contributed by atoms with Gasteiger partial charge >= 0.3 is 0 Å². The number of ether oxygens (including phenoxy) is 1. The summed E-state index contributed by atoms with van der Waals surface area (Å²) >= 11 is 0. The number of unbranched alkanes of at least 4 members (excludes halogenated alkanes) is 2. The maximum absolute atomic E-state index is 11.8. The van der Waals surface area contributed by atoms with Crippen LogP contribution in [-0.2, 0) is 9.53 Å². The number of hydrogen-bond donors (Lipinski definition) is 1. The van der Waals surface area contributed by atoms with Gasteiger partial charge in [0.25, 0.3) is 0 Å². The summed E-state index contributed by atoms with van der Waals surface area (Å²) in [6.45, 7) is 4.25. The Hall–Kier alpha value is -0.610. The monoisotopic (exact) mass is 243 g/mol. The van der Waals surface area contributed by atoms with Gasteiger partial charge in [-0.2, -0.15) is 0 Å². The molecular weight excluding hydrogens is 218 g/mol. The first-order valence-corrected chi connectivity index (χ1v) is 6.78. The van der Waals surface area contributed by atoms with Crippen molar-refractivity contribution in [1.29, 1.82) is 0 Å². The highest BCUT2D eigenvalue weighted by atomic mass is 16.5. The molecule has 17 heavy (non-hydrogen) atoms. The largest absolute Gasteiger partial charge is 0.394 e. The zero-order valence-corrected chi connectivity index (χ0v) is 10.9. The Labute approximate surface area is 104 Å². The van der Waals surface area contributed by atoms with Gasteiger partial charge in [-0.05, 0) is 19.3 Å². The van der Waals surface area contributed by atoms with Crippen molar-refractivity contribution in [3.05, 3.63) is 0 Å². The quantitative estimate of drug-likeness (QED) is 0.690. The number of nitrogens with zero attached hydrogens (tertiary/aromatic N) is 1. The molecule has 1 saturated heterocycles. The number of amides is 1. The molecule has 0 aromatic rings. The van der Waals surface area contributed by atoms with Crippen LogP contribution in [-0.4, -0.2) is 48.3 Å². The number of carbonyl (C=O) groups excluding carboxylic acids is 1. The van der Waals surface area contributed by atoms with Gasteiger partial charge in [0.1, 0.15) is 0 Å². The Morgan fingerprint density at radius 2 is 2.06 bits per heavy atom. The molecule has 100 valence electrons. The van der Waals surface area contributed by atoms with Crippen LogP contribution in [0.5, 0.6) is 0 Å². The summed E-state index contributed by atoms with van der Waals surface area (Å²) in [7, 11) is 0. The van der Waals surface area contributed by atoms with Crippen LogP contribution < -0.4 is 0 Å². The van der Waals surface area contributed by atoms with E-state index in [1.165, 1.54) is 0 Å². The van der Waals surface area contributed by atoms with E-state index in [1.807, 2.05) is 4.90 Å². The Kier molecular flexibility index (Phi) is 7.21. The Morgan fingerprint density at radius 1 is 1.35 bits per heavy atom. The lowest BCUT2D eigenvalue weighted by Gasteiger charge is -2.32. The highest BCUT2D eigenvalue weighted by Gasteiger charge is 2.22. The summed E-state index contributed by atoms with van der Waals surface area (Å²) in [5, 5.41) is 8.67. The van der Waals surface area contributed by atoms with Crippen molar-refractivity contribution in [2.24, 2.45) is 0 Å². The number of hydrogen-bond acceptors (Lipinski definition) is 3.